The predicted molar refractivity (Wildman–Crippen MR) is 138 cm³/mol. The molecule has 0 saturated heterocycles. The van der Waals surface area contributed by atoms with Crippen molar-refractivity contribution in [1.29, 1.82) is 0 Å². The van der Waals surface area contributed by atoms with E-state index in [1.165, 1.54) is 10.4 Å². The molecule has 0 aliphatic rings. The summed E-state index contributed by atoms with van der Waals surface area (Å²) in [4.78, 5) is 0. The molecule has 0 aliphatic carbocycles. The maximum Gasteiger partial charge on any atom is 0.261 e. The Morgan fingerprint density at radius 3 is 1.69 bits per heavy atom. The number of aliphatic hydroxyl groups is 1. The molecule has 3 aromatic rings. The fraction of sp³-hybridized carbons (Fsp3) is 0.310. The van der Waals surface area contributed by atoms with Gasteiger partial charge in [-0.1, -0.05) is 125 Å². The van der Waals surface area contributed by atoms with Gasteiger partial charge in [0.15, 0.2) is 0 Å². The fourth-order valence-electron chi connectivity index (χ4n) is 4.67. The van der Waals surface area contributed by atoms with Gasteiger partial charge in [0.2, 0.25) is 0 Å². The molecule has 3 rings (SSSR count). The largest absolute Gasteiger partial charge is 0.407 e. The van der Waals surface area contributed by atoms with Crippen molar-refractivity contribution in [3.05, 3.63) is 109 Å². The van der Waals surface area contributed by atoms with Crippen LogP contribution in [0.15, 0.2) is 104 Å². The molecule has 0 unspecified atom stereocenters. The first-order chi connectivity index (χ1) is 15.3. The number of hydrogen-bond donors (Lipinski definition) is 1. The van der Waals surface area contributed by atoms with E-state index in [9.17, 15) is 5.11 Å². The van der Waals surface area contributed by atoms with Gasteiger partial charge in [-0.15, -0.1) is 6.58 Å². The zero-order valence-corrected chi connectivity index (χ0v) is 20.7. The number of aliphatic hydroxyl groups excluding tert-OH is 1. The lowest BCUT2D eigenvalue weighted by Crippen LogP contribution is -2.67. The van der Waals surface area contributed by atoms with Gasteiger partial charge in [-0.3, -0.25) is 0 Å². The minimum atomic E-state index is -2.60. The second kappa shape index (κ2) is 10.4. The highest BCUT2D eigenvalue weighted by Gasteiger charge is 2.50. The lowest BCUT2D eigenvalue weighted by molar-refractivity contribution is 0.0827. The summed E-state index contributed by atoms with van der Waals surface area (Å²) in [5.41, 5.74) is 0.912. The van der Waals surface area contributed by atoms with Crippen molar-refractivity contribution in [3.63, 3.8) is 0 Å². The van der Waals surface area contributed by atoms with Gasteiger partial charge in [-0.25, -0.2) is 0 Å². The minimum Gasteiger partial charge on any atom is -0.407 e. The minimum absolute atomic E-state index is 0.0723. The van der Waals surface area contributed by atoms with E-state index in [2.05, 4.69) is 94.9 Å². The summed E-state index contributed by atoms with van der Waals surface area (Å²) < 4.78 is 7.08. The van der Waals surface area contributed by atoms with Crippen LogP contribution in [-0.2, 0) is 4.43 Å². The Kier molecular flexibility index (Phi) is 7.89. The average molecular weight is 445 g/mol. The van der Waals surface area contributed by atoms with Gasteiger partial charge in [0.05, 0.1) is 6.10 Å². The van der Waals surface area contributed by atoms with Crippen molar-refractivity contribution >= 4 is 18.7 Å². The van der Waals surface area contributed by atoms with Crippen molar-refractivity contribution < 1.29 is 9.53 Å². The third-order valence-corrected chi connectivity index (χ3v) is 11.4. The van der Waals surface area contributed by atoms with Crippen LogP contribution in [-0.4, -0.2) is 20.0 Å². The van der Waals surface area contributed by atoms with Crippen molar-refractivity contribution in [1.82, 2.24) is 0 Å². The zero-order valence-electron chi connectivity index (χ0n) is 19.7. The lowest BCUT2D eigenvalue weighted by Gasteiger charge is -2.44. The van der Waals surface area contributed by atoms with Crippen LogP contribution in [0.25, 0.3) is 0 Å². The second-order valence-corrected chi connectivity index (χ2v) is 13.9. The molecule has 0 bridgehead atoms. The van der Waals surface area contributed by atoms with Gasteiger partial charge >= 0.3 is 0 Å². The summed E-state index contributed by atoms with van der Waals surface area (Å²) in [7, 11) is -2.60. The zero-order chi connectivity index (χ0) is 23.2. The van der Waals surface area contributed by atoms with Crippen molar-refractivity contribution in [2.24, 2.45) is 11.8 Å². The molecule has 1 N–H and O–H groups in total. The Labute approximate surface area is 194 Å². The molecule has 3 aromatic carbocycles. The van der Waals surface area contributed by atoms with Crippen LogP contribution in [0.5, 0.6) is 0 Å². The monoisotopic (exact) mass is 444 g/mol. The highest BCUT2D eigenvalue weighted by molar-refractivity contribution is 6.99. The van der Waals surface area contributed by atoms with E-state index in [0.717, 1.165) is 5.56 Å². The van der Waals surface area contributed by atoms with Crippen LogP contribution >= 0.6 is 0 Å². The maximum absolute atomic E-state index is 11.1. The molecule has 3 atom stereocenters. The Balaban J connectivity index is 1.96. The van der Waals surface area contributed by atoms with Crippen molar-refractivity contribution in [3.8, 4) is 0 Å². The molecule has 0 radical (unpaired) electrons. The SMILES string of the molecule is C=C[C@@H]([C@H](C)CO[Si](c1ccccc1)(c1ccccc1)C(C)(C)C)[C@H](O)c1ccccc1. The Morgan fingerprint density at radius 1 is 0.844 bits per heavy atom. The Morgan fingerprint density at radius 2 is 1.28 bits per heavy atom. The van der Waals surface area contributed by atoms with Gasteiger partial charge in [-0.05, 0) is 26.9 Å². The van der Waals surface area contributed by atoms with Crippen LogP contribution in [0, 0.1) is 11.8 Å². The molecule has 0 heterocycles. The topological polar surface area (TPSA) is 29.5 Å². The van der Waals surface area contributed by atoms with E-state index < -0.39 is 14.4 Å². The summed E-state index contributed by atoms with van der Waals surface area (Å²) in [5, 5.41) is 13.5. The van der Waals surface area contributed by atoms with Crippen LogP contribution in [0.2, 0.25) is 5.04 Å². The average Bonchev–Trinajstić information content (AvgIpc) is 2.81. The molecule has 0 spiro atoms. The Bertz CT molecular complexity index is 925. The molecule has 0 fully saturated rings. The van der Waals surface area contributed by atoms with Gasteiger partial charge in [-0.2, -0.15) is 0 Å². The summed E-state index contributed by atoms with van der Waals surface area (Å²) in [5.74, 6) is -0.0000271. The predicted octanol–water partition coefficient (Wildman–Crippen LogP) is 5.73. The van der Waals surface area contributed by atoms with Crippen LogP contribution < -0.4 is 10.4 Å². The van der Waals surface area contributed by atoms with E-state index in [4.69, 9.17) is 4.43 Å². The fourth-order valence-corrected chi connectivity index (χ4v) is 9.34. The molecule has 0 aromatic heterocycles. The van der Waals surface area contributed by atoms with Crippen LogP contribution in [0.4, 0.5) is 0 Å². The standard InChI is InChI=1S/C29H36O2Si/c1-6-27(28(30)24-16-10-7-11-17-24)23(2)22-31-32(29(3,4)5,25-18-12-8-13-19-25)26-20-14-9-15-21-26/h6-21,23,27-28,30H,1,22H2,2-5H3/t23-,27+,28-/m1/s1. The molecule has 0 saturated carbocycles. The first kappa shape index (κ1) is 24.2. The van der Waals surface area contributed by atoms with Gasteiger partial charge < -0.3 is 9.53 Å². The van der Waals surface area contributed by atoms with Gasteiger partial charge in [0.25, 0.3) is 8.32 Å². The molecule has 32 heavy (non-hydrogen) atoms. The van der Waals surface area contributed by atoms with E-state index in [1.54, 1.807) is 0 Å². The van der Waals surface area contributed by atoms with E-state index in [1.807, 2.05) is 36.4 Å². The number of rotatable bonds is 9. The van der Waals surface area contributed by atoms with E-state index in [-0.39, 0.29) is 16.9 Å². The Hall–Kier alpha value is -2.46. The van der Waals surface area contributed by atoms with Gasteiger partial charge in [0, 0.05) is 12.5 Å². The van der Waals surface area contributed by atoms with E-state index in [0.29, 0.717) is 6.61 Å². The van der Waals surface area contributed by atoms with Crippen LogP contribution in [0.3, 0.4) is 0 Å². The number of hydrogen-bond acceptors (Lipinski definition) is 2. The van der Waals surface area contributed by atoms with Gasteiger partial charge in [0.1, 0.15) is 0 Å². The molecular weight excluding hydrogens is 408 g/mol. The summed E-state index contributed by atoms with van der Waals surface area (Å²) in [6.07, 6.45) is 1.27. The highest BCUT2D eigenvalue weighted by Crippen LogP contribution is 2.38. The lowest BCUT2D eigenvalue weighted by atomic mass is 9.86. The second-order valence-electron chi connectivity index (χ2n) is 9.62. The first-order valence-electron chi connectivity index (χ1n) is 11.4. The van der Waals surface area contributed by atoms with Crippen molar-refractivity contribution in [2.75, 3.05) is 6.61 Å². The number of benzene rings is 3. The molecular formula is C29H36O2Si. The first-order valence-corrected chi connectivity index (χ1v) is 13.3. The molecule has 0 amide bonds. The summed E-state index contributed by atoms with van der Waals surface area (Å²) in [6, 6.07) is 31.2. The molecule has 3 heteroatoms. The molecule has 0 aliphatic heterocycles. The third kappa shape index (κ3) is 4.96. The molecule has 2 nitrogen and oxygen atoms in total. The third-order valence-electron chi connectivity index (χ3n) is 6.41. The smallest absolute Gasteiger partial charge is 0.261 e. The van der Waals surface area contributed by atoms with Crippen molar-refractivity contribution in [2.45, 2.75) is 38.8 Å². The molecule has 168 valence electrons. The normalized spacial score (nSPS) is 15.0. The maximum atomic E-state index is 11.1. The quantitative estimate of drug-likeness (QED) is 0.337. The van der Waals surface area contributed by atoms with E-state index >= 15 is 0 Å². The summed E-state index contributed by atoms with van der Waals surface area (Å²) >= 11 is 0. The van der Waals surface area contributed by atoms with Crippen LogP contribution in [0.1, 0.15) is 39.4 Å². The summed E-state index contributed by atoms with van der Waals surface area (Å²) in [6.45, 7) is 13.6. The highest BCUT2D eigenvalue weighted by atomic mass is 28.4.